The number of aromatic nitrogens is 1. The van der Waals surface area contributed by atoms with E-state index in [1.165, 1.54) is 6.92 Å². The molecule has 7 heteroatoms. The number of carbonyl (C=O) groups excluding carboxylic acids is 1. The van der Waals surface area contributed by atoms with Crippen LogP contribution in [0.1, 0.15) is 6.92 Å². The molecule has 0 bridgehead atoms. The Balaban J connectivity index is 2.80. The number of rotatable bonds is 4. The van der Waals surface area contributed by atoms with Gasteiger partial charge in [0.15, 0.2) is 0 Å². The molecular formula is C11H14N6O. The summed E-state index contributed by atoms with van der Waals surface area (Å²) in [5.74, 6) is -0.0467. The van der Waals surface area contributed by atoms with Crippen LogP contribution in [0.2, 0.25) is 0 Å². The van der Waals surface area contributed by atoms with Crippen LogP contribution in [-0.2, 0) is 4.79 Å². The van der Waals surface area contributed by atoms with Gasteiger partial charge in [-0.1, -0.05) is 0 Å². The molecule has 1 heterocycles. The summed E-state index contributed by atoms with van der Waals surface area (Å²) in [6.07, 6.45) is 4.86. The molecule has 0 aromatic carbocycles. The van der Waals surface area contributed by atoms with E-state index in [9.17, 15) is 4.79 Å². The van der Waals surface area contributed by atoms with Crippen molar-refractivity contribution in [2.24, 2.45) is 10.7 Å². The highest BCUT2D eigenvalue weighted by Gasteiger charge is 2.10. The monoisotopic (exact) mass is 246 g/mol. The predicted molar refractivity (Wildman–Crippen MR) is 67.5 cm³/mol. The molecule has 1 rings (SSSR count). The molecule has 1 amide bonds. The smallest absolute Gasteiger partial charge is 0.216 e. The SMILES string of the molecule is CC(=O)NCCN(C(N)=NC#N)c1ccncc1. The van der Waals surface area contributed by atoms with Gasteiger partial charge in [-0.05, 0) is 12.1 Å². The average molecular weight is 246 g/mol. The first kappa shape index (κ1) is 13.4. The molecule has 1 aromatic rings. The fourth-order valence-electron chi connectivity index (χ4n) is 1.36. The van der Waals surface area contributed by atoms with E-state index in [1.54, 1.807) is 35.6 Å². The third-order valence-electron chi connectivity index (χ3n) is 2.12. The maximum Gasteiger partial charge on any atom is 0.216 e. The van der Waals surface area contributed by atoms with Crippen molar-refractivity contribution in [2.75, 3.05) is 18.0 Å². The molecule has 0 fully saturated rings. The summed E-state index contributed by atoms with van der Waals surface area (Å²) >= 11 is 0. The van der Waals surface area contributed by atoms with Crippen LogP contribution in [0.15, 0.2) is 29.5 Å². The maximum absolute atomic E-state index is 10.8. The summed E-state index contributed by atoms with van der Waals surface area (Å²) < 4.78 is 0. The zero-order valence-corrected chi connectivity index (χ0v) is 10.00. The van der Waals surface area contributed by atoms with Crippen molar-refractivity contribution in [3.63, 3.8) is 0 Å². The number of nitrogens with zero attached hydrogens (tertiary/aromatic N) is 4. The van der Waals surface area contributed by atoms with Gasteiger partial charge in [-0.3, -0.25) is 9.78 Å². The van der Waals surface area contributed by atoms with E-state index in [4.69, 9.17) is 11.0 Å². The molecular weight excluding hydrogens is 232 g/mol. The number of hydrogen-bond donors (Lipinski definition) is 2. The second-order valence-corrected chi connectivity index (χ2v) is 3.41. The van der Waals surface area contributed by atoms with E-state index in [2.05, 4.69) is 15.3 Å². The lowest BCUT2D eigenvalue weighted by Crippen LogP contribution is -2.42. The number of nitrogens with two attached hydrogens (primary N) is 1. The van der Waals surface area contributed by atoms with Crippen LogP contribution >= 0.6 is 0 Å². The topological polar surface area (TPSA) is 107 Å². The van der Waals surface area contributed by atoms with Gasteiger partial charge in [-0.2, -0.15) is 5.26 Å². The Morgan fingerprint density at radius 1 is 1.61 bits per heavy atom. The lowest BCUT2D eigenvalue weighted by molar-refractivity contribution is -0.118. The number of hydrogen-bond acceptors (Lipinski definition) is 4. The normalized spacial score (nSPS) is 10.6. The number of nitriles is 1. The molecule has 0 radical (unpaired) electrons. The quantitative estimate of drug-likeness (QED) is 0.435. The van der Waals surface area contributed by atoms with Crippen molar-refractivity contribution in [3.05, 3.63) is 24.5 Å². The Hall–Kier alpha value is -2.62. The molecule has 1 aromatic heterocycles. The Bertz CT molecular complexity index is 464. The van der Waals surface area contributed by atoms with Gasteiger partial charge in [0.05, 0.1) is 0 Å². The van der Waals surface area contributed by atoms with Crippen LogP contribution in [0.25, 0.3) is 0 Å². The number of amides is 1. The number of aliphatic imine (C=N–C) groups is 1. The van der Waals surface area contributed by atoms with E-state index in [1.807, 2.05) is 0 Å². The van der Waals surface area contributed by atoms with E-state index in [-0.39, 0.29) is 11.9 Å². The Morgan fingerprint density at radius 3 is 2.83 bits per heavy atom. The molecule has 0 aliphatic carbocycles. The van der Waals surface area contributed by atoms with Crippen molar-refractivity contribution in [1.29, 1.82) is 5.26 Å². The molecule has 0 aliphatic heterocycles. The highest BCUT2D eigenvalue weighted by molar-refractivity contribution is 5.95. The first-order valence-corrected chi connectivity index (χ1v) is 5.29. The van der Waals surface area contributed by atoms with Crippen LogP contribution in [0.4, 0.5) is 5.69 Å². The van der Waals surface area contributed by atoms with Crippen LogP contribution in [0.3, 0.4) is 0 Å². The molecule has 0 atom stereocenters. The molecule has 0 saturated heterocycles. The first-order valence-electron chi connectivity index (χ1n) is 5.29. The maximum atomic E-state index is 10.8. The van der Waals surface area contributed by atoms with Crippen molar-refractivity contribution in [2.45, 2.75) is 6.92 Å². The zero-order valence-electron chi connectivity index (χ0n) is 10.00. The highest BCUT2D eigenvalue weighted by Crippen LogP contribution is 2.10. The molecule has 0 unspecified atom stereocenters. The molecule has 3 N–H and O–H groups in total. The van der Waals surface area contributed by atoms with Crippen molar-refractivity contribution in [3.8, 4) is 6.19 Å². The first-order chi connectivity index (χ1) is 8.65. The van der Waals surface area contributed by atoms with E-state index in [0.29, 0.717) is 13.1 Å². The minimum atomic E-state index is -0.125. The summed E-state index contributed by atoms with van der Waals surface area (Å²) in [6, 6.07) is 3.49. The van der Waals surface area contributed by atoms with Crippen LogP contribution < -0.4 is 16.0 Å². The van der Waals surface area contributed by atoms with Crippen LogP contribution in [-0.4, -0.2) is 29.9 Å². The van der Waals surface area contributed by atoms with Gasteiger partial charge in [0.1, 0.15) is 0 Å². The molecule has 94 valence electrons. The van der Waals surface area contributed by atoms with E-state index >= 15 is 0 Å². The minimum Gasteiger partial charge on any atom is -0.369 e. The third kappa shape index (κ3) is 4.09. The van der Waals surface area contributed by atoms with E-state index < -0.39 is 0 Å². The number of anilines is 1. The van der Waals surface area contributed by atoms with Crippen LogP contribution in [0.5, 0.6) is 0 Å². The highest BCUT2D eigenvalue weighted by atomic mass is 16.1. The minimum absolute atomic E-state index is 0.0778. The fourth-order valence-corrected chi connectivity index (χ4v) is 1.36. The summed E-state index contributed by atoms with van der Waals surface area (Å²) in [4.78, 5) is 19.8. The molecule has 18 heavy (non-hydrogen) atoms. The van der Waals surface area contributed by atoms with Crippen molar-refractivity contribution in [1.82, 2.24) is 10.3 Å². The van der Waals surface area contributed by atoms with Gasteiger partial charge in [0.25, 0.3) is 0 Å². The van der Waals surface area contributed by atoms with Gasteiger partial charge in [-0.25, -0.2) is 0 Å². The lowest BCUT2D eigenvalue weighted by Gasteiger charge is -2.22. The number of guanidine groups is 1. The average Bonchev–Trinajstić information content (AvgIpc) is 2.35. The zero-order chi connectivity index (χ0) is 13.4. The van der Waals surface area contributed by atoms with Gasteiger partial charge in [-0.15, -0.1) is 4.99 Å². The Kier molecular flexibility index (Phi) is 5.12. The van der Waals surface area contributed by atoms with Crippen molar-refractivity contribution < 1.29 is 4.79 Å². The van der Waals surface area contributed by atoms with Gasteiger partial charge in [0, 0.05) is 38.1 Å². The lowest BCUT2D eigenvalue weighted by atomic mass is 10.3. The predicted octanol–water partition coefficient (Wildman–Crippen LogP) is -0.180. The van der Waals surface area contributed by atoms with Crippen LogP contribution in [0, 0.1) is 11.5 Å². The second kappa shape index (κ2) is 6.85. The van der Waals surface area contributed by atoms with Gasteiger partial charge < -0.3 is 16.0 Å². The number of pyridine rings is 1. The van der Waals surface area contributed by atoms with Crippen molar-refractivity contribution >= 4 is 17.6 Å². The standard InChI is InChI=1S/C11H14N6O/c1-9(18)15-6-7-17(11(13)16-8-12)10-2-4-14-5-3-10/h2-5H,6-7H2,1H3,(H2,13,16)(H,15,18). The number of nitrogens with one attached hydrogen (secondary N) is 1. The second-order valence-electron chi connectivity index (χ2n) is 3.41. The van der Waals surface area contributed by atoms with Gasteiger partial charge >= 0.3 is 0 Å². The largest absolute Gasteiger partial charge is 0.369 e. The summed E-state index contributed by atoms with van der Waals surface area (Å²) in [5.41, 5.74) is 6.45. The summed E-state index contributed by atoms with van der Waals surface area (Å²) in [7, 11) is 0. The Labute approximate surface area is 105 Å². The Morgan fingerprint density at radius 2 is 2.28 bits per heavy atom. The summed E-state index contributed by atoms with van der Waals surface area (Å²) in [6.45, 7) is 2.25. The van der Waals surface area contributed by atoms with Gasteiger partial charge in [0.2, 0.25) is 18.1 Å². The third-order valence-corrected chi connectivity index (χ3v) is 2.12. The van der Waals surface area contributed by atoms with E-state index in [0.717, 1.165) is 5.69 Å². The summed E-state index contributed by atoms with van der Waals surface area (Å²) in [5, 5.41) is 11.2. The number of carbonyl (C=O) groups is 1. The molecule has 0 spiro atoms. The fraction of sp³-hybridized carbons (Fsp3) is 0.273. The molecule has 0 aliphatic rings. The molecule has 7 nitrogen and oxygen atoms in total. The molecule has 0 saturated carbocycles.